The summed E-state index contributed by atoms with van der Waals surface area (Å²) in [5.74, 6) is -0.233. The highest BCUT2D eigenvalue weighted by atomic mass is 32.1. The third-order valence-corrected chi connectivity index (χ3v) is 4.10. The Kier molecular flexibility index (Phi) is 4.63. The number of unbranched alkanes of at least 4 members (excludes halogenated alkanes) is 2. The van der Waals surface area contributed by atoms with Gasteiger partial charge in [0.05, 0.1) is 11.0 Å². The zero-order valence-corrected chi connectivity index (χ0v) is 13.3. The molecular formula is C16H23FN2S. The van der Waals surface area contributed by atoms with Crippen LogP contribution in [0.1, 0.15) is 46.5 Å². The summed E-state index contributed by atoms with van der Waals surface area (Å²) in [7, 11) is 0. The number of nitrogens with zero attached hydrogens (tertiary/aromatic N) is 1. The van der Waals surface area contributed by atoms with Crippen LogP contribution in [-0.4, -0.2) is 9.55 Å². The van der Waals surface area contributed by atoms with Gasteiger partial charge in [-0.05, 0) is 42.3 Å². The highest BCUT2D eigenvalue weighted by molar-refractivity contribution is 7.71. The van der Waals surface area contributed by atoms with E-state index in [0.717, 1.165) is 17.6 Å². The van der Waals surface area contributed by atoms with Crippen molar-refractivity contribution in [2.24, 2.45) is 5.41 Å². The summed E-state index contributed by atoms with van der Waals surface area (Å²) < 4.78 is 16.0. The molecule has 1 N–H and O–H groups in total. The van der Waals surface area contributed by atoms with Gasteiger partial charge in [-0.1, -0.05) is 40.0 Å². The Bertz CT molecular complexity index is 639. The molecule has 0 spiro atoms. The minimum atomic E-state index is -0.233. The van der Waals surface area contributed by atoms with Crippen molar-refractivity contribution in [3.05, 3.63) is 28.8 Å². The molecule has 0 fully saturated rings. The number of fused-ring (bicyclic) bond motifs is 1. The summed E-state index contributed by atoms with van der Waals surface area (Å²) in [5, 5.41) is 0. The summed E-state index contributed by atoms with van der Waals surface area (Å²) in [6.45, 7) is 7.62. The standard InChI is InChI=1S/C16H23FN2S/c1-4-5-6-9-16(2,3)11-19-14-8-7-12(17)10-13(14)18-15(19)20/h7-8,10H,4-6,9,11H2,1-3H3,(H,18,20). The monoisotopic (exact) mass is 294 g/mol. The molecule has 0 saturated heterocycles. The van der Waals surface area contributed by atoms with Crippen molar-refractivity contribution in [3.63, 3.8) is 0 Å². The first-order chi connectivity index (χ1) is 9.43. The Morgan fingerprint density at radius 1 is 1.30 bits per heavy atom. The third-order valence-electron chi connectivity index (χ3n) is 3.78. The quantitative estimate of drug-likeness (QED) is 0.555. The van der Waals surface area contributed by atoms with Crippen LogP contribution < -0.4 is 0 Å². The van der Waals surface area contributed by atoms with E-state index in [4.69, 9.17) is 12.2 Å². The molecule has 1 aromatic carbocycles. The number of imidazole rings is 1. The molecule has 0 saturated carbocycles. The van der Waals surface area contributed by atoms with E-state index in [-0.39, 0.29) is 11.2 Å². The minimum absolute atomic E-state index is 0.191. The summed E-state index contributed by atoms with van der Waals surface area (Å²) >= 11 is 5.38. The number of halogens is 1. The van der Waals surface area contributed by atoms with E-state index in [0.29, 0.717) is 4.77 Å². The predicted molar refractivity (Wildman–Crippen MR) is 85.0 cm³/mol. The van der Waals surface area contributed by atoms with E-state index >= 15 is 0 Å². The fourth-order valence-electron chi connectivity index (χ4n) is 2.65. The largest absolute Gasteiger partial charge is 0.330 e. The number of benzene rings is 1. The first-order valence-corrected chi connectivity index (χ1v) is 7.72. The summed E-state index contributed by atoms with van der Waals surface area (Å²) in [5.41, 5.74) is 1.95. The molecule has 2 aromatic rings. The molecular weight excluding hydrogens is 271 g/mol. The van der Waals surface area contributed by atoms with Crippen LogP contribution in [0.2, 0.25) is 0 Å². The van der Waals surface area contributed by atoms with Crippen LogP contribution in [0.3, 0.4) is 0 Å². The van der Waals surface area contributed by atoms with Gasteiger partial charge < -0.3 is 9.55 Å². The molecule has 0 amide bonds. The van der Waals surface area contributed by atoms with E-state index in [9.17, 15) is 4.39 Å². The van der Waals surface area contributed by atoms with Gasteiger partial charge in [0.2, 0.25) is 0 Å². The molecule has 4 heteroatoms. The van der Waals surface area contributed by atoms with Gasteiger partial charge in [-0.3, -0.25) is 0 Å². The SMILES string of the molecule is CCCCCC(C)(C)Cn1c(=S)[nH]c2cc(F)ccc21. The second kappa shape index (κ2) is 6.08. The number of aromatic amines is 1. The lowest BCUT2D eigenvalue weighted by atomic mass is 9.87. The van der Waals surface area contributed by atoms with Gasteiger partial charge in [-0.25, -0.2) is 4.39 Å². The Morgan fingerprint density at radius 3 is 2.75 bits per heavy atom. The van der Waals surface area contributed by atoms with Gasteiger partial charge in [-0.15, -0.1) is 0 Å². The van der Waals surface area contributed by atoms with Crippen molar-refractivity contribution >= 4 is 23.3 Å². The van der Waals surface area contributed by atoms with Gasteiger partial charge in [-0.2, -0.15) is 0 Å². The molecule has 0 bridgehead atoms. The number of nitrogens with one attached hydrogen (secondary N) is 1. The Hall–Kier alpha value is -1.16. The highest BCUT2D eigenvalue weighted by Crippen LogP contribution is 2.28. The average molecular weight is 294 g/mol. The number of hydrogen-bond acceptors (Lipinski definition) is 1. The fraction of sp³-hybridized carbons (Fsp3) is 0.562. The highest BCUT2D eigenvalue weighted by Gasteiger charge is 2.20. The number of aromatic nitrogens is 2. The molecule has 2 rings (SSSR count). The lowest BCUT2D eigenvalue weighted by Crippen LogP contribution is -2.19. The van der Waals surface area contributed by atoms with E-state index in [2.05, 4.69) is 30.3 Å². The molecule has 0 atom stereocenters. The third kappa shape index (κ3) is 3.48. The second-order valence-electron chi connectivity index (χ2n) is 6.30. The summed E-state index contributed by atoms with van der Waals surface area (Å²) in [6.07, 6.45) is 4.93. The Balaban J connectivity index is 2.24. The fourth-order valence-corrected chi connectivity index (χ4v) is 2.93. The molecule has 1 aromatic heterocycles. The van der Waals surface area contributed by atoms with E-state index < -0.39 is 0 Å². The first kappa shape index (κ1) is 15.2. The van der Waals surface area contributed by atoms with Crippen LogP contribution in [0, 0.1) is 16.0 Å². The van der Waals surface area contributed by atoms with Crippen LogP contribution in [0.15, 0.2) is 18.2 Å². The van der Waals surface area contributed by atoms with Crippen molar-refractivity contribution in [2.75, 3.05) is 0 Å². The molecule has 20 heavy (non-hydrogen) atoms. The average Bonchev–Trinajstić information content (AvgIpc) is 2.65. The van der Waals surface area contributed by atoms with Crippen LogP contribution in [0.4, 0.5) is 4.39 Å². The topological polar surface area (TPSA) is 20.7 Å². The van der Waals surface area contributed by atoms with Crippen LogP contribution in [0.5, 0.6) is 0 Å². The molecule has 0 aliphatic carbocycles. The van der Waals surface area contributed by atoms with Gasteiger partial charge >= 0.3 is 0 Å². The summed E-state index contributed by atoms with van der Waals surface area (Å²) in [4.78, 5) is 3.10. The predicted octanol–water partition coefficient (Wildman–Crippen LogP) is 5.44. The van der Waals surface area contributed by atoms with Crippen LogP contribution in [0.25, 0.3) is 11.0 Å². The molecule has 0 unspecified atom stereocenters. The lowest BCUT2D eigenvalue weighted by molar-refractivity contribution is 0.273. The molecule has 2 nitrogen and oxygen atoms in total. The van der Waals surface area contributed by atoms with Gasteiger partial charge in [0.25, 0.3) is 0 Å². The van der Waals surface area contributed by atoms with Crippen molar-refractivity contribution in [2.45, 2.75) is 53.0 Å². The normalized spacial score (nSPS) is 12.2. The zero-order valence-electron chi connectivity index (χ0n) is 12.5. The van der Waals surface area contributed by atoms with Crippen LogP contribution >= 0.6 is 12.2 Å². The second-order valence-corrected chi connectivity index (χ2v) is 6.69. The Labute approximate surface area is 125 Å². The van der Waals surface area contributed by atoms with E-state index in [1.54, 1.807) is 6.07 Å². The molecule has 110 valence electrons. The van der Waals surface area contributed by atoms with E-state index in [1.807, 2.05) is 0 Å². The van der Waals surface area contributed by atoms with Gasteiger partial charge in [0.1, 0.15) is 5.82 Å². The maximum absolute atomic E-state index is 13.3. The molecule has 1 heterocycles. The van der Waals surface area contributed by atoms with Gasteiger partial charge in [0.15, 0.2) is 4.77 Å². The molecule has 0 radical (unpaired) electrons. The van der Waals surface area contributed by atoms with Crippen molar-refractivity contribution in [1.29, 1.82) is 0 Å². The first-order valence-electron chi connectivity index (χ1n) is 7.31. The van der Waals surface area contributed by atoms with Crippen molar-refractivity contribution in [1.82, 2.24) is 9.55 Å². The smallest absolute Gasteiger partial charge is 0.178 e. The molecule has 0 aliphatic heterocycles. The maximum Gasteiger partial charge on any atom is 0.178 e. The van der Waals surface area contributed by atoms with Crippen molar-refractivity contribution < 1.29 is 4.39 Å². The maximum atomic E-state index is 13.3. The lowest BCUT2D eigenvalue weighted by Gasteiger charge is -2.25. The van der Waals surface area contributed by atoms with Crippen molar-refractivity contribution in [3.8, 4) is 0 Å². The zero-order chi connectivity index (χ0) is 14.8. The van der Waals surface area contributed by atoms with E-state index in [1.165, 1.54) is 37.8 Å². The van der Waals surface area contributed by atoms with Crippen LogP contribution in [-0.2, 0) is 6.54 Å². The minimum Gasteiger partial charge on any atom is -0.330 e. The van der Waals surface area contributed by atoms with Gasteiger partial charge in [0, 0.05) is 6.54 Å². The number of H-pyrrole nitrogens is 1. The number of rotatable bonds is 6. The molecule has 0 aliphatic rings. The Morgan fingerprint density at radius 2 is 2.05 bits per heavy atom. The number of hydrogen-bond donors (Lipinski definition) is 1. The summed E-state index contributed by atoms with van der Waals surface area (Å²) in [6, 6.07) is 4.80.